The Hall–Kier alpha value is -2.86. The molecule has 0 aromatic heterocycles. The fraction of sp³-hybridized carbons (Fsp3) is 0.417. The lowest BCUT2D eigenvalue weighted by Crippen LogP contribution is -2.53. The Bertz CT molecular complexity index is 949. The third-order valence-corrected chi connectivity index (χ3v) is 5.94. The molecule has 0 saturated carbocycles. The molecule has 1 fully saturated rings. The maximum absolute atomic E-state index is 13.2. The average molecular weight is 408 g/mol. The van der Waals surface area contributed by atoms with E-state index in [0.717, 1.165) is 41.0 Å². The van der Waals surface area contributed by atoms with Crippen molar-refractivity contribution < 1.29 is 14.3 Å². The molecule has 2 aliphatic heterocycles. The highest BCUT2D eigenvalue weighted by molar-refractivity contribution is 6.06. The third kappa shape index (κ3) is 3.67. The molecule has 0 aliphatic carbocycles. The summed E-state index contributed by atoms with van der Waals surface area (Å²) in [6.45, 7) is 4.65. The molecule has 1 unspecified atom stereocenters. The molecule has 1 saturated heterocycles. The van der Waals surface area contributed by atoms with E-state index in [-0.39, 0.29) is 17.9 Å². The van der Waals surface area contributed by atoms with Gasteiger partial charge < -0.3 is 19.4 Å². The highest BCUT2D eigenvalue weighted by Crippen LogP contribution is 2.40. The number of carbonyl (C=O) groups excluding carboxylic acids is 2. The largest absolute Gasteiger partial charge is 0.378 e. The molecule has 0 radical (unpaired) electrons. The summed E-state index contributed by atoms with van der Waals surface area (Å²) in [4.78, 5) is 31.3. The SMILES string of the molecule is CC(=O)N1c2ccc(-c3ccc(N(C)C)cc3)cc2N(C(=O)C2CCCO2)C[C@@H]1C. The fourth-order valence-corrected chi connectivity index (χ4v) is 4.39. The van der Waals surface area contributed by atoms with Gasteiger partial charge >= 0.3 is 0 Å². The van der Waals surface area contributed by atoms with E-state index < -0.39 is 6.10 Å². The van der Waals surface area contributed by atoms with Gasteiger partial charge in [-0.3, -0.25) is 9.59 Å². The highest BCUT2D eigenvalue weighted by Gasteiger charge is 2.37. The summed E-state index contributed by atoms with van der Waals surface area (Å²) in [5.74, 6) is -0.0278. The van der Waals surface area contributed by atoms with Crippen LogP contribution in [-0.2, 0) is 14.3 Å². The van der Waals surface area contributed by atoms with Crippen LogP contribution in [0.3, 0.4) is 0 Å². The van der Waals surface area contributed by atoms with Crippen LogP contribution < -0.4 is 14.7 Å². The van der Waals surface area contributed by atoms with Crippen molar-refractivity contribution in [2.75, 3.05) is 41.9 Å². The van der Waals surface area contributed by atoms with E-state index in [9.17, 15) is 9.59 Å². The zero-order chi connectivity index (χ0) is 21.4. The second kappa shape index (κ2) is 8.11. The molecule has 0 N–H and O–H groups in total. The van der Waals surface area contributed by atoms with Gasteiger partial charge in [0.1, 0.15) is 6.10 Å². The summed E-state index contributed by atoms with van der Waals surface area (Å²) in [5, 5.41) is 0. The molecule has 2 aliphatic rings. The summed E-state index contributed by atoms with van der Waals surface area (Å²) in [6.07, 6.45) is 1.27. The van der Waals surface area contributed by atoms with Crippen LogP contribution in [0.15, 0.2) is 42.5 Å². The van der Waals surface area contributed by atoms with E-state index in [1.54, 1.807) is 11.8 Å². The van der Waals surface area contributed by atoms with Crippen LogP contribution in [0.2, 0.25) is 0 Å². The smallest absolute Gasteiger partial charge is 0.256 e. The van der Waals surface area contributed by atoms with Crippen molar-refractivity contribution >= 4 is 28.9 Å². The van der Waals surface area contributed by atoms with Crippen molar-refractivity contribution in [1.29, 1.82) is 0 Å². The molecular weight excluding hydrogens is 378 g/mol. The lowest BCUT2D eigenvalue weighted by molar-refractivity contribution is -0.127. The number of hydrogen-bond acceptors (Lipinski definition) is 4. The first-order valence-electron chi connectivity index (χ1n) is 10.5. The summed E-state index contributed by atoms with van der Waals surface area (Å²) < 4.78 is 5.67. The van der Waals surface area contributed by atoms with Gasteiger partial charge in [0.25, 0.3) is 5.91 Å². The Morgan fingerprint density at radius 1 is 1.03 bits per heavy atom. The van der Waals surface area contributed by atoms with Crippen LogP contribution in [0.5, 0.6) is 0 Å². The monoisotopic (exact) mass is 407 g/mol. The summed E-state index contributed by atoms with van der Waals surface area (Å²) >= 11 is 0. The first-order chi connectivity index (χ1) is 14.4. The molecule has 6 heteroatoms. The van der Waals surface area contributed by atoms with Crippen molar-refractivity contribution in [3.63, 3.8) is 0 Å². The number of benzene rings is 2. The predicted molar refractivity (Wildman–Crippen MR) is 120 cm³/mol. The Kier molecular flexibility index (Phi) is 5.52. The minimum Gasteiger partial charge on any atom is -0.378 e. The van der Waals surface area contributed by atoms with Crippen molar-refractivity contribution in [3.8, 4) is 11.1 Å². The van der Waals surface area contributed by atoms with Gasteiger partial charge in [0.2, 0.25) is 5.91 Å². The van der Waals surface area contributed by atoms with Gasteiger partial charge in [0, 0.05) is 39.9 Å². The second-order valence-electron chi connectivity index (χ2n) is 8.33. The number of carbonyl (C=O) groups is 2. The first kappa shape index (κ1) is 20.4. The normalized spacial score (nSPS) is 20.8. The molecule has 6 nitrogen and oxygen atoms in total. The highest BCUT2D eigenvalue weighted by atomic mass is 16.5. The number of rotatable bonds is 3. The zero-order valence-electron chi connectivity index (χ0n) is 18.1. The van der Waals surface area contributed by atoms with Gasteiger partial charge in [0.15, 0.2) is 0 Å². The predicted octanol–water partition coefficient (Wildman–Crippen LogP) is 3.69. The molecule has 2 aromatic carbocycles. The molecule has 0 spiro atoms. The molecule has 2 heterocycles. The number of nitrogens with zero attached hydrogens (tertiary/aromatic N) is 3. The Morgan fingerprint density at radius 3 is 2.33 bits per heavy atom. The quantitative estimate of drug-likeness (QED) is 0.779. The van der Waals surface area contributed by atoms with E-state index in [2.05, 4.69) is 29.2 Å². The zero-order valence-corrected chi connectivity index (χ0v) is 18.1. The standard InChI is InChI=1S/C24H29N3O3/c1-16-15-26(24(29)23-6-5-13-30-23)22-14-19(9-12-21(22)27(16)17(2)28)18-7-10-20(11-8-18)25(3)4/h7-12,14,16,23H,5-6,13,15H2,1-4H3/t16-,23?/m0/s1. The van der Waals surface area contributed by atoms with E-state index >= 15 is 0 Å². The van der Waals surface area contributed by atoms with Crippen LogP contribution in [0.25, 0.3) is 11.1 Å². The van der Waals surface area contributed by atoms with Crippen LogP contribution >= 0.6 is 0 Å². The summed E-state index contributed by atoms with van der Waals surface area (Å²) in [5.41, 5.74) is 4.77. The molecule has 2 atom stereocenters. The van der Waals surface area contributed by atoms with Crippen molar-refractivity contribution in [3.05, 3.63) is 42.5 Å². The second-order valence-corrected chi connectivity index (χ2v) is 8.33. The lowest BCUT2D eigenvalue weighted by atomic mass is 9.99. The first-order valence-corrected chi connectivity index (χ1v) is 10.5. The maximum Gasteiger partial charge on any atom is 0.256 e. The number of anilines is 3. The van der Waals surface area contributed by atoms with Gasteiger partial charge in [-0.2, -0.15) is 0 Å². The molecule has 2 amide bonds. The van der Waals surface area contributed by atoms with Crippen LogP contribution in [0, 0.1) is 0 Å². The minimum atomic E-state index is -0.392. The van der Waals surface area contributed by atoms with Crippen LogP contribution in [0.4, 0.5) is 17.1 Å². The molecule has 0 bridgehead atoms. The third-order valence-electron chi connectivity index (χ3n) is 5.94. The number of fused-ring (bicyclic) bond motifs is 1. The van der Waals surface area contributed by atoms with Crippen LogP contribution in [0.1, 0.15) is 26.7 Å². The van der Waals surface area contributed by atoms with Gasteiger partial charge in [-0.05, 0) is 55.2 Å². The van der Waals surface area contributed by atoms with Gasteiger partial charge in [-0.1, -0.05) is 18.2 Å². The number of hydrogen-bond donors (Lipinski definition) is 0. The maximum atomic E-state index is 13.2. The number of amides is 2. The van der Waals surface area contributed by atoms with E-state index in [0.29, 0.717) is 13.2 Å². The molecule has 2 aromatic rings. The fourth-order valence-electron chi connectivity index (χ4n) is 4.39. The molecule has 4 rings (SSSR count). The Balaban J connectivity index is 1.76. The molecular formula is C24H29N3O3. The molecule has 158 valence electrons. The molecule has 30 heavy (non-hydrogen) atoms. The average Bonchev–Trinajstić information content (AvgIpc) is 3.27. The Labute approximate surface area is 178 Å². The Morgan fingerprint density at radius 2 is 1.73 bits per heavy atom. The van der Waals surface area contributed by atoms with E-state index in [1.807, 2.05) is 44.1 Å². The minimum absolute atomic E-state index is 0.0103. The van der Waals surface area contributed by atoms with Crippen molar-refractivity contribution in [2.45, 2.75) is 38.8 Å². The van der Waals surface area contributed by atoms with Crippen molar-refractivity contribution in [1.82, 2.24) is 0 Å². The van der Waals surface area contributed by atoms with Crippen LogP contribution in [-0.4, -0.2) is 51.2 Å². The topological polar surface area (TPSA) is 53.1 Å². The van der Waals surface area contributed by atoms with E-state index in [4.69, 9.17) is 4.74 Å². The van der Waals surface area contributed by atoms with E-state index in [1.165, 1.54) is 0 Å². The summed E-state index contributed by atoms with van der Waals surface area (Å²) in [6, 6.07) is 14.2. The van der Waals surface area contributed by atoms with Gasteiger partial charge in [0.05, 0.1) is 17.4 Å². The van der Waals surface area contributed by atoms with Gasteiger partial charge in [-0.15, -0.1) is 0 Å². The lowest BCUT2D eigenvalue weighted by Gasteiger charge is -2.41. The van der Waals surface area contributed by atoms with Gasteiger partial charge in [-0.25, -0.2) is 0 Å². The summed E-state index contributed by atoms with van der Waals surface area (Å²) in [7, 11) is 4.03. The van der Waals surface area contributed by atoms with Crippen molar-refractivity contribution in [2.24, 2.45) is 0 Å². The number of ether oxygens (including phenoxy) is 1.